The molecule has 0 radical (unpaired) electrons. The van der Waals surface area contributed by atoms with E-state index in [2.05, 4.69) is 21.7 Å². The molecule has 1 aliphatic rings. The number of nitrogens with zero attached hydrogens (tertiary/aromatic N) is 1. The maximum Gasteiger partial charge on any atom is 0.253 e. The topological polar surface area (TPSA) is 54.0 Å². The second kappa shape index (κ2) is 8.48. The Bertz CT molecular complexity index is 879. The van der Waals surface area contributed by atoms with Gasteiger partial charge in [0.05, 0.1) is 11.1 Å². The highest BCUT2D eigenvalue weighted by Crippen LogP contribution is 2.27. The molecule has 2 aromatic carbocycles. The smallest absolute Gasteiger partial charge is 0.253 e. The number of fused-ring (bicyclic) bond motifs is 3. The summed E-state index contributed by atoms with van der Waals surface area (Å²) in [7, 11) is 0. The number of piperidine rings is 1. The molecule has 1 aliphatic heterocycles. The molecule has 4 rings (SSSR count). The number of amides is 1. The Kier molecular flexibility index (Phi) is 6.59. The first-order valence-electron chi connectivity index (χ1n) is 8.11. The van der Waals surface area contributed by atoms with Gasteiger partial charge in [0.25, 0.3) is 5.91 Å². The zero-order valence-electron chi connectivity index (χ0n) is 13.7. The molecule has 1 aromatic heterocycles. The quantitative estimate of drug-likeness (QED) is 0.669. The van der Waals surface area contributed by atoms with E-state index in [1.807, 2.05) is 36.4 Å². The maximum atomic E-state index is 12.8. The van der Waals surface area contributed by atoms with E-state index in [0.29, 0.717) is 5.56 Å². The lowest BCUT2D eigenvalue weighted by Crippen LogP contribution is -2.45. The number of carbonyl (C=O) groups excluding carboxylic acids is 1. The number of rotatable bonds is 2. The van der Waals surface area contributed by atoms with Crippen molar-refractivity contribution >= 4 is 52.4 Å². The summed E-state index contributed by atoms with van der Waals surface area (Å²) in [5.41, 5.74) is 1.43. The van der Waals surface area contributed by atoms with Crippen molar-refractivity contribution in [2.24, 2.45) is 0 Å². The maximum absolute atomic E-state index is 12.8. The monoisotopic (exact) mass is 377 g/mol. The Hall–Kier alpha value is -1.88. The molecule has 4 nitrogen and oxygen atoms in total. The predicted molar refractivity (Wildman–Crippen MR) is 107 cm³/mol. The summed E-state index contributed by atoms with van der Waals surface area (Å²) >= 11 is 0. The molecular weight excluding hydrogens is 357 g/mol. The Morgan fingerprint density at radius 2 is 1.92 bits per heavy atom. The van der Waals surface area contributed by atoms with Crippen molar-refractivity contribution in [3.63, 3.8) is 0 Å². The number of pyridine rings is 1. The molecular formula is C19H21Cl2N3O. The summed E-state index contributed by atoms with van der Waals surface area (Å²) in [5, 5.41) is 9.70. The van der Waals surface area contributed by atoms with E-state index in [1.165, 1.54) is 0 Å². The Labute approximate surface area is 159 Å². The van der Waals surface area contributed by atoms with Crippen LogP contribution in [0.25, 0.3) is 21.7 Å². The van der Waals surface area contributed by atoms with Gasteiger partial charge in [0.1, 0.15) is 0 Å². The van der Waals surface area contributed by atoms with E-state index in [1.54, 1.807) is 6.20 Å². The summed E-state index contributed by atoms with van der Waals surface area (Å²) in [5.74, 6) is -0.0341. The number of carbonyl (C=O) groups is 1. The average molecular weight is 378 g/mol. The van der Waals surface area contributed by atoms with Crippen LogP contribution < -0.4 is 10.6 Å². The fraction of sp³-hybridized carbons (Fsp3) is 0.263. The van der Waals surface area contributed by atoms with Crippen molar-refractivity contribution in [1.29, 1.82) is 0 Å². The van der Waals surface area contributed by atoms with Crippen LogP contribution >= 0.6 is 24.8 Å². The summed E-state index contributed by atoms with van der Waals surface area (Å²) in [4.78, 5) is 17.3. The van der Waals surface area contributed by atoms with Gasteiger partial charge >= 0.3 is 0 Å². The minimum atomic E-state index is -0.0341. The number of benzene rings is 2. The van der Waals surface area contributed by atoms with Crippen molar-refractivity contribution in [3.8, 4) is 0 Å². The molecule has 132 valence electrons. The molecule has 0 spiro atoms. The average Bonchev–Trinajstić information content (AvgIpc) is 2.62. The van der Waals surface area contributed by atoms with E-state index >= 15 is 0 Å². The molecule has 2 N–H and O–H groups in total. The lowest BCUT2D eigenvalue weighted by molar-refractivity contribution is 0.0932. The minimum absolute atomic E-state index is 0. The first-order chi connectivity index (χ1) is 11.3. The fourth-order valence-corrected chi connectivity index (χ4v) is 3.34. The third-order valence-corrected chi connectivity index (χ3v) is 4.49. The molecule has 1 saturated heterocycles. The standard InChI is InChI=1S/C19H19N3O.2ClH/c23-19(22-14-6-3-9-20-12-14)17-11-13-5-1-2-7-15(13)16-8-4-10-21-18(16)17;;/h1-2,4-5,7-8,10-11,14,20H,3,6,9,12H2,(H,22,23);2*1H. The van der Waals surface area contributed by atoms with Crippen molar-refractivity contribution in [2.45, 2.75) is 18.9 Å². The van der Waals surface area contributed by atoms with Crippen LogP contribution in [0.4, 0.5) is 0 Å². The summed E-state index contributed by atoms with van der Waals surface area (Å²) < 4.78 is 0. The fourth-order valence-electron chi connectivity index (χ4n) is 3.34. The van der Waals surface area contributed by atoms with Crippen LogP contribution in [0.15, 0.2) is 48.7 Å². The molecule has 3 aromatic rings. The van der Waals surface area contributed by atoms with Gasteiger partial charge in [-0.05, 0) is 42.3 Å². The molecule has 0 bridgehead atoms. The van der Waals surface area contributed by atoms with E-state index in [4.69, 9.17) is 0 Å². The lowest BCUT2D eigenvalue weighted by Gasteiger charge is -2.24. The largest absolute Gasteiger partial charge is 0.348 e. The number of halogens is 2. The molecule has 2 heterocycles. The van der Waals surface area contributed by atoms with Gasteiger partial charge in [0, 0.05) is 24.2 Å². The Morgan fingerprint density at radius 3 is 2.72 bits per heavy atom. The van der Waals surface area contributed by atoms with Crippen LogP contribution in [0.1, 0.15) is 23.2 Å². The van der Waals surface area contributed by atoms with Crippen molar-refractivity contribution in [1.82, 2.24) is 15.6 Å². The van der Waals surface area contributed by atoms with Gasteiger partial charge in [-0.3, -0.25) is 9.78 Å². The molecule has 6 heteroatoms. The molecule has 1 atom stereocenters. The van der Waals surface area contributed by atoms with Gasteiger partial charge in [-0.2, -0.15) is 0 Å². The Morgan fingerprint density at radius 1 is 1.12 bits per heavy atom. The second-order valence-electron chi connectivity index (χ2n) is 6.06. The summed E-state index contributed by atoms with van der Waals surface area (Å²) in [6, 6.07) is 14.2. The van der Waals surface area contributed by atoms with Gasteiger partial charge in [-0.25, -0.2) is 0 Å². The highest BCUT2D eigenvalue weighted by Gasteiger charge is 2.19. The van der Waals surface area contributed by atoms with Gasteiger partial charge in [0.15, 0.2) is 0 Å². The first-order valence-corrected chi connectivity index (χ1v) is 8.11. The SMILES string of the molecule is Cl.Cl.O=C(NC1CCCNC1)c1cc2ccccc2c2cccnc12. The molecule has 1 amide bonds. The van der Waals surface area contributed by atoms with Crippen molar-refractivity contribution in [2.75, 3.05) is 13.1 Å². The van der Waals surface area contributed by atoms with Crippen molar-refractivity contribution in [3.05, 3.63) is 54.2 Å². The molecule has 1 fully saturated rings. The lowest BCUT2D eigenvalue weighted by atomic mass is 9.99. The molecule has 0 aliphatic carbocycles. The second-order valence-corrected chi connectivity index (χ2v) is 6.06. The molecule has 0 saturated carbocycles. The summed E-state index contributed by atoms with van der Waals surface area (Å²) in [6.07, 6.45) is 3.87. The van der Waals surface area contributed by atoms with Gasteiger partial charge < -0.3 is 10.6 Å². The van der Waals surface area contributed by atoms with Crippen LogP contribution in [0.3, 0.4) is 0 Å². The van der Waals surface area contributed by atoms with Crippen LogP contribution in [0.5, 0.6) is 0 Å². The third-order valence-electron chi connectivity index (χ3n) is 4.49. The van der Waals surface area contributed by atoms with Crippen LogP contribution in [0.2, 0.25) is 0 Å². The number of hydrogen-bond acceptors (Lipinski definition) is 3. The van der Waals surface area contributed by atoms with Crippen LogP contribution in [-0.2, 0) is 0 Å². The molecule has 25 heavy (non-hydrogen) atoms. The van der Waals surface area contributed by atoms with Gasteiger partial charge in [0.2, 0.25) is 0 Å². The number of hydrogen-bond donors (Lipinski definition) is 2. The van der Waals surface area contributed by atoms with Crippen LogP contribution in [0, 0.1) is 0 Å². The zero-order chi connectivity index (χ0) is 15.6. The highest BCUT2D eigenvalue weighted by molar-refractivity contribution is 6.15. The first kappa shape index (κ1) is 19.4. The third kappa shape index (κ3) is 3.87. The van der Waals surface area contributed by atoms with Gasteiger partial charge in [-0.15, -0.1) is 24.8 Å². The van der Waals surface area contributed by atoms with E-state index in [-0.39, 0.29) is 36.8 Å². The summed E-state index contributed by atoms with van der Waals surface area (Å²) in [6.45, 7) is 1.87. The van der Waals surface area contributed by atoms with Gasteiger partial charge in [-0.1, -0.05) is 30.3 Å². The van der Waals surface area contributed by atoms with E-state index in [9.17, 15) is 4.79 Å². The van der Waals surface area contributed by atoms with E-state index < -0.39 is 0 Å². The number of nitrogens with one attached hydrogen (secondary N) is 2. The minimum Gasteiger partial charge on any atom is -0.348 e. The predicted octanol–water partition coefficient (Wildman–Crippen LogP) is 3.71. The van der Waals surface area contributed by atoms with Crippen molar-refractivity contribution < 1.29 is 4.79 Å². The highest BCUT2D eigenvalue weighted by atomic mass is 35.5. The normalized spacial score (nSPS) is 16.7. The Balaban J connectivity index is 0.00000113. The zero-order valence-corrected chi connectivity index (χ0v) is 15.3. The molecule has 1 unspecified atom stereocenters. The van der Waals surface area contributed by atoms with Crippen LogP contribution in [-0.4, -0.2) is 30.0 Å². The van der Waals surface area contributed by atoms with E-state index in [0.717, 1.165) is 47.6 Å². The number of aromatic nitrogens is 1.